The second kappa shape index (κ2) is 8.18. The Morgan fingerprint density at radius 2 is 1.26 bits per heavy atom. The molecule has 0 bridgehead atoms. The Hall–Kier alpha value is -2.22. The van der Waals surface area contributed by atoms with Gasteiger partial charge < -0.3 is 0 Å². The van der Waals surface area contributed by atoms with Crippen LogP contribution in [0.4, 0.5) is 0 Å². The van der Waals surface area contributed by atoms with Gasteiger partial charge in [-0.25, -0.2) is 0 Å². The summed E-state index contributed by atoms with van der Waals surface area (Å²) in [5.74, 6) is -0.618. The predicted molar refractivity (Wildman–Crippen MR) is 144 cm³/mol. The third-order valence-corrected chi connectivity index (χ3v) is 9.42. The fraction of sp³-hybridized carbons (Fsp3) is 0.133. The van der Waals surface area contributed by atoms with Gasteiger partial charge in [0.15, 0.2) is 0 Å². The second-order valence-electron chi connectivity index (χ2n) is 8.91. The molecule has 6 rings (SSSR count). The van der Waals surface area contributed by atoms with E-state index in [0.717, 1.165) is 33.4 Å². The minimum Gasteiger partial charge on any atom is -0.112 e. The van der Waals surface area contributed by atoms with Crippen LogP contribution < -0.4 is 0 Å². The monoisotopic (exact) mass is 520 g/mol. The Kier molecular flexibility index (Phi) is 5.35. The van der Waals surface area contributed by atoms with Crippen molar-refractivity contribution < 1.29 is 0 Å². The zero-order valence-electron chi connectivity index (χ0n) is 18.1. The van der Waals surface area contributed by atoms with Gasteiger partial charge in [0.25, 0.3) is 0 Å². The van der Waals surface area contributed by atoms with Gasteiger partial charge in [-0.15, -0.1) is 23.2 Å². The maximum absolute atomic E-state index is 7.92. The molecule has 3 aromatic carbocycles. The number of hydrogen-bond donors (Lipinski definition) is 0. The number of allylic oxidation sites excluding steroid dienone is 7. The Morgan fingerprint density at radius 3 is 1.97 bits per heavy atom. The third-order valence-electron chi connectivity index (χ3n) is 7.28. The van der Waals surface area contributed by atoms with Gasteiger partial charge in [-0.05, 0) is 33.4 Å². The van der Waals surface area contributed by atoms with Crippen LogP contribution in [0.15, 0.2) is 125 Å². The van der Waals surface area contributed by atoms with Gasteiger partial charge in [0.2, 0.25) is 0 Å². The molecule has 0 amide bonds. The molecule has 168 valence electrons. The average molecular weight is 522 g/mol. The van der Waals surface area contributed by atoms with Gasteiger partial charge in [0.05, 0.1) is 9.91 Å². The van der Waals surface area contributed by atoms with E-state index in [1.54, 1.807) is 0 Å². The van der Waals surface area contributed by atoms with E-state index in [-0.39, 0.29) is 5.92 Å². The Bertz CT molecular complexity index is 1400. The molecular weight excluding hydrogens is 502 g/mol. The van der Waals surface area contributed by atoms with Crippen LogP contribution in [0.3, 0.4) is 0 Å². The summed E-state index contributed by atoms with van der Waals surface area (Å²) < 4.78 is 0. The highest BCUT2D eigenvalue weighted by Gasteiger charge is 2.62. The molecule has 0 saturated heterocycles. The summed E-state index contributed by atoms with van der Waals surface area (Å²) in [5, 5.41) is 1.23. The van der Waals surface area contributed by atoms with Crippen LogP contribution >= 0.6 is 46.4 Å². The van der Waals surface area contributed by atoms with Crippen molar-refractivity contribution >= 4 is 51.4 Å². The summed E-state index contributed by atoms with van der Waals surface area (Å²) >= 11 is 30.2. The maximum Gasteiger partial charge on any atom is 0.104 e. The van der Waals surface area contributed by atoms with Crippen LogP contribution in [0, 0.1) is 11.8 Å². The topological polar surface area (TPSA) is 0 Å². The van der Waals surface area contributed by atoms with Gasteiger partial charge in [0.1, 0.15) is 4.87 Å². The van der Waals surface area contributed by atoms with Crippen molar-refractivity contribution in [1.29, 1.82) is 0 Å². The van der Waals surface area contributed by atoms with Crippen LogP contribution in [0.2, 0.25) is 0 Å². The molecule has 0 fully saturated rings. The molecule has 3 aromatic rings. The minimum absolute atomic E-state index is 0.181. The Balaban J connectivity index is 1.79. The predicted octanol–water partition coefficient (Wildman–Crippen LogP) is 9.13. The van der Waals surface area contributed by atoms with Crippen LogP contribution in [-0.4, -0.2) is 0 Å². The first-order chi connectivity index (χ1) is 16.5. The molecule has 4 heteroatoms. The van der Waals surface area contributed by atoms with E-state index in [1.165, 1.54) is 0 Å². The van der Waals surface area contributed by atoms with Gasteiger partial charge in [0, 0.05) is 16.9 Å². The summed E-state index contributed by atoms with van der Waals surface area (Å²) in [7, 11) is 0. The molecular formula is C30H20Cl4. The van der Waals surface area contributed by atoms with Gasteiger partial charge in [-0.1, -0.05) is 132 Å². The van der Waals surface area contributed by atoms with Crippen molar-refractivity contribution in [2.75, 3.05) is 0 Å². The zero-order chi connectivity index (χ0) is 23.5. The minimum atomic E-state index is -0.996. The SMILES string of the molecule is ClC1=C2C=CC=CC2C(Cl)(c2ccccc2)C2C1=C(Cl)c1ccccc1C2(Cl)c1ccccc1. The lowest BCUT2D eigenvalue weighted by Crippen LogP contribution is -2.52. The Labute approximate surface area is 219 Å². The Morgan fingerprint density at radius 1 is 0.647 bits per heavy atom. The third kappa shape index (κ3) is 2.93. The fourth-order valence-corrected chi connectivity index (χ4v) is 7.85. The first-order valence-corrected chi connectivity index (χ1v) is 12.7. The molecule has 4 atom stereocenters. The van der Waals surface area contributed by atoms with E-state index in [0.29, 0.717) is 10.1 Å². The number of alkyl halides is 2. The summed E-state index contributed by atoms with van der Waals surface area (Å²) in [6, 6.07) is 28.4. The standard InChI is InChI=1S/C30H20Cl4/c31-26-21-15-7-9-17-23(21)29(33,19-11-3-1-4-12-19)28-25(26)27(32)22-16-8-10-18-24(22)30(28,34)20-13-5-2-6-14-20/h1-18,23,28H. The molecule has 0 heterocycles. The summed E-state index contributed by atoms with van der Waals surface area (Å²) in [4.78, 5) is -1.93. The first-order valence-electron chi connectivity index (χ1n) is 11.2. The largest absolute Gasteiger partial charge is 0.112 e. The fourth-order valence-electron chi connectivity index (χ4n) is 5.84. The van der Waals surface area contributed by atoms with Crippen LogP contribution in [-0.2, 0) is 9.75 Å². The van der Waals surface area contributed by atoms with Gasteiger partial charge in [-0.2, -0.15) is 0 Å². The summed E-state index contributed by atoms with van der Waals surface area (Å²) in [5.41, 5.74) is 5.51. The van der Waals surface area contributed by atoms with Crippen molar-refractivity contribution in [3.05, 3.63) is 148 Å². The highest BCUT2D eigenvalue weighted by molar-refractivity contribution is 6.52. The van der Waals surface area contributed by atoms with E-state index in [4.69, 9.17) is 46.4 Å². The van der Waals surface area contributed by atoms with Crippen LogP contribution in [0.25, 0.3) is 5.03 Å². The molecule has 4 unspecified atom stereocenters. The molecule has 0 nitrogen and oxygen atoms in total. The number of hydrogen-bond acceptors (Lipinski definition) is 0. The van der Waals surface area contributed by atoms with Crippen molar-refractivity contribution in [3.8, 4) is 0 Å². The first kappa shape index (κ1) is 22.3. The van der Waals surface area contributed by atoms with E-state index >= 15 is 0 Å². The lowest BCUT2D eigenvalue weighted by molar-refractivity contribution is 0.303. The summed E-state index contributed by atoms with van der Waals surface area (Å²) in [6.07, 6.45) is 8.20. The maximum atomic E-state index is 7.92. The number of rotatable bonds is 2. The lowest BCUT2D eigenvalue weighted by Gasteiger charge is -2.55. The number of fused-ring (bicyclic) bond motifs is 3. The van der Waals surface area contributed by atoms with Gasteiger partial charge in [-0.3, -0.25) is 0 Å². The number of benzene rings is 3. The molecule has 0 radical (unpaired) electrons. The smallest absolute Gasteiger partial charge is 0.104 e. The van der Waals surface area contributed by atoms with E-state index in [9.17, 15) is 0 Å². The van der Waals surface area contributed by atoms with E-state index in [2.05, 4.69) is 36.4 Å². The van der Waals surface area contributed by atoms with Crippen LogP contribution in [0.5, 0.6) is 0 Å². The van der Waals surface area contributed by atoms with Crippen LogP contribution in [0.1, 0.15) is 22.3 Å². The van der Waals surface area contributed by atoms with Gasteiger partial charge >= 0.3 is 0 Å². The summed E-state index contributed by atoms with van der Waals surface area (Å²) in [6.45, 7) is 0. The second-order valence-corrected chi connectivity index (χ2v) is 10.9. The van der Waals surface area contributed by atoms with E-state index < -0.39 is 15.7 Å². The van der Waals surface area contributed by atoms with Crippen molar-refractivity contribution in [1.82, 2.24) is 0 Å². The van der Waals surface area contributed by atoms with E-state index in [1.807, 2.05) is 72.8 Å². The molecule has 0 aromatic heterocycles. The molecule has 0 N–H and O–H groups in total. The molecule has 3 aliphatic rings. The highest BCUT2D eigenvalue weighted by atomic mass is 35.5. The molecule has 0 aliphatic heterocycles. The normalized spacial score (nSPS) is 29.5. The quantitative estimate of drug-likeness (QED) is 0.295. The van der Waals surface area contributed by atoms with Crippen molar-refractivity contribution in [3.63, 3.8) is 0 Å². The highest BCUT2D eigenvalue weighted by Crippen LogP contribution is 2.68. The van der Waals surface area contributed by atoms with Crippen molar-refractivity contribution in [2.45, 2.75) is 9.75 Å². The zero-order valence-corrected chi connectivity index (χ0v) is 21.1. The molecule has 34 heavy (non-hydrogen) atoms. The number of halogens is 4. The molecule has 0 spiro atoms. The average Bonchev–Trinajstić information content (AvgIpc) is 2.90. The molecule has 0 saturated carbocycles. The lowest BCUT2D eigenvalue weighted by atomic mass is 9.56. The van der Waals surface area contributed by atoms with Crippen molar-refractivity contribution in [2.24, 2.45) is 11.8 Å². The molecule has 3 aliphatic carbocycles.